The summed E-state index contributed by atoms with van der Waals surface area (Å²) < 4.78 is 102. The number of halogens is 6. The summed E-state index contributed by atoms with van der Waals surface area (Å²) in [5.41, 5.74) is 7.28. The molecule has 4 aromatic carbocycles. The highest BCUT2D eigenvalue weighted by atomic mass is 19.4. The molecule has 65 heavy (non-hydrogen) atoms. The largest absolute Gasteiger partial charge is 0.457 e. The summed E-state index contributed by atoms with van der Waals surface area (Å²) in [4.78, 5) is 0. The number of rotatable bonds is 22. The first kappa shape index (κ1) is 50.6. The van der Waals surface area contributed by atoms with Gasteiger partial charge >= 0.3 is 12.4 Å². The molecule has 0 spiro atoms. The standard InChI is InChI=1S/C56H72F6O3/c1-5-7-39-9-19-45(20-10-39)47-23-13-41(14-24-47)33-49-35-43(37-51(29-31-63-3)55(57,58)59)17-27-53(49)65-54-28-18-44(38-52(30-32-64-4)56(60,61)62)36-50(54)34-42-15-25-48(26-16-42)46-21-11-40(8-6-2)12-22-46/h13-18,23-28,35-36,39-40,45-46,51-52H,5-12,19-22,29-34,37-38H2,1-4H3. The van der Waals surface area contributed by atoms with Gasteiger partial charge in [0.15, 0.2) is 0 Å². The minimum absolute atomic E-state index is 0.00246. The highest BCUT2D eigenvalue weighted by molar-refractivity contribution is 5.48. The highest BCUT2D eigenvalue weighted by Crippen LogP contribution is 2.41. The van der Waals surface area contributed by atoms with Gasteiger partial charge in [-0.2, -0.15) is 26.3 Å². The van der Waals surface area contributed by atoms with Crippen molar-refractivity contribution in [2.24, 2.45) is 23.7 Å². The van der Waals surface area contributed by atoms with E-state index < -0.39 is 24.2 Å². The number of hydrogen-bond donors (Lipinski definition) is 0. The van der Waals surface area contributed by atoms with Gasteiger partial charge in [0, 0.05) is 40.3 Å². The molecule has 6 rings (SSSR count). The lowest BCUT2D eigenvalue weighted by Gasteiger charge is -2.28. The van der Waals surface area contributed by atoms with Crippen LogP contribution in [-0.4, -0.2) is 39.8 Å². The Labute approximate surface area is 385 Å². The van der Waals surface area contributed by atoms with Crippen LogP contribution in [0, 0.1) is 23.7 Å². The van der Waals surface area contributed by atoms with Crippen molar-refractivity contribution in [3.63, 3.8) is 0 Å². The Balaban J connectivity index is 1.30. The van der Waals surface area contributed by atoms with Crippen LogP contribution in [0.25, 0.3) is 0 Å². The van der Waals surface area contributed by atoms with E-state index in [0.29, 0.717) is 47.3 Å². The third kappa shape index (κ3) is 15.1. The fourth-order valence-electron chi connectivity index (χ4n) is 10.6. The molecular formula is C56H72F6O3. The molecule has 0 saturated heterocycles. The number of benzene rings is 4. The Kier molecular flexibility index (Phi) is 18.9. The first-order valence-electron chi connectivity index (χ1n) is 24.5. The normalized spacial score (nSPS) is 20.4. The van der Waals surface area contributed by atoms with Crippen LogP contribution in [0.3, 0.4) is 0 Å². The Bertz CT molecular complexity index is 1860. The van der Waals surface area contributed by atoms with Crippen LogP contribution < -0.4 is 4.74 Å². The van der Waals surface area contributed by atoms with Crippen LogP contribution in [0.5, 0.6) is 11.5 Å². The van der Waals surface area contributed by atoms with E-state index in [-0.39, 0.29) is 38.9 Å². The third-order valence-electron chi connectivity index (χ3n) is 14.5. The lowest BCUT2D eigenvalue weighted by atomic mass is 9.77. The van der Waals surface area contributed by atoms with E-state index in [1.807, 2.05) is 12.1 Å². The second kappa shape index (κ2) is 24.3. The van der Waals surface area contributed by atoms with Crippen molar-refractivity contribution in [1.29, 1.82) is 0 Å². The van der Waals surface area contributed by atoms with E-state index in [9.17, 15) is 26.3 Å². The van der Waals surface area contributed by atoms with Crippen molar-refractivity contribution in [2.75, 3.05) is 27.4 Å². The van der Waals surface area contributed by atoms with Gasteiger partial charge in [0.05, 0.1) is 11.8 Å². The van der Waals surface area contributed by atoms with E-state index in [0.717, 1.165) is 34.1 Å². The number of methoxy groups -OCH3 is 2. The number of hydrogen-bond acceptors (Lipinski definition) is 3. The zero-order valence-corrected chi connectivity index (χ0v) is 39.2. The summed E-state index contributed by atoms with van der Waals surface area (Å²) in [5, 5.41) is 0. The van der Waals surface area contributed by atoms with Gasteiger partial charge in [-0.3, -0.25) is 0 Å². The third-order valence-corrected chi connectivity index (χ3v) is 14.5. The predicted molar refractivity (Wildman–Crippen MR) is 250 cm³/mol. The molecule has 0 amide bonds. The summed E-state index contributed by atoms with van der Waals surface area (Å²) in [7, 11) is 2.82. The quantitative estimate of drug-likeness (QED) is 0.0736. The van der Waals surface area contributed by atoms with Gasteiger partial charge < -0.3 is 14.2 Å². The van der Waals surface area contributed by atoms with E-state index in [4.69, 9.17) is 14.2 Å². The molecule has 0 bridgehead atoms. The van der Waals surface area contributed by atoms with Crippen LogP contribution in [0.2, 0.25) is 0 Å². The van der Waals surface area contributed by atoms with Crippen LogP contribution in [0.4, 0.5) is 26.3 Å². The molecule has 2 fully saturated rings. The Morgan fingerprint density at radius 1 is 0.492 bits per heavy atom. The zero-order valence-electron chi connectivity index (χ0n) is 39.2. The van der Waals surface area contributed by atoms with Crippen molar-refractivity contribution >= 4 is 0 Å². The van der Waals surface area contributed by atoms with Crippen molar-refractivity contribution in [2.45, 2.75) is 154 Å². The lowest BCUT2D eigenvalue weighted by Crippen LogP contribution is -2.26. The van der Waals surface area contributed by atoms with Gasteiger partial charge in [-0.25, -0.2) is 0 Å². The molecule has 0 radical (unpaired) electrons. The summed E-state index contributed by atoms with van der Waals surface area (Å²) in [6, 6.07) is 27.9. The molecule has 356 valence electrons. The second-order valence-electron chi connectivity index (χ2n) is 19.3. The SMILES string of the molecule is CCCC1CCC(c2ccc(Cc3cc(CC(CCOC)C(F)(F)F)ccc3Oc3ccc(CC(CCOC)C(F)(F)F)cc3Cc3ccc(C4CCC(CCC)CC4)cc3)cc2)CC1. The van der Waals surface area contributed by atoms with Gasteiger partial charge in [0.25, 0.3) is 0 Å². The Hall–Kier alpha value is -3.82. The molecule has 0 N–H and O–H groups in total. The topological polar surface area (TPSA) is 27.7 Å². The molecular weight excluding hydrogens is 835 g/mol. The monoisotopic (exact) mass is 907 g/mol. The maximum atomic E-state index is 14.3. The van der Waals surface area contributed by atoms with Crippen molar-refractivity contribution < 1.29 is 40.6 Å². The molecule has 2 unspecified atom stereocenters. The minimum atomic E-state index is -4.39. The van der Waals surface area contributed by atoms with Gasteiger partial charge in [-0.15, -0.1) is 0 Å². The van der Waals surface area contributed by atoms with E-state index in [2.05, 4.69) is 62.4 Å². The Morgan fingerprint density at radius 3 is 1.17 bits per heavy atom. The molecule has 2 aliphatic carbocycles. The lowest BCUT2D eigenvalue weighted by molar-refractivity contribution is -0.179. The van der Waals surface area contributed by atoms with Crippen LogP contribution in [0.15, 0.2) is 84.9 Å². The van der Waals surface area contributed by atoms with Gasteiger partial charge in [0.2, 0.25) is 0 Å². The Morgan fingerprint density at radius 2 is 0.846 bits per heavy atom. The summed E-state index contributed by atoms with van der Waals surface area (Å²) in [6.07, 6.45) is 6.16. The van der Waals surface area contributed by atoms with Gasteiger partial charge in [-0.05, 0) is 157 Å². The molecule has 4 aromatic rings. The first-order valence-corrected chi connectivity index (χ1v) is 24.5. The molecule has 3 nitrogen and oxygen atoms in total. The van der Waals surface area contributed by atoms with Crippen molar-refractivity contribution in [1.82, 2.24) is 0 Å². The average molecular weight is 907 g/mol. The van der Waals surface area contributed by atoms with E-state index in [1.165, 1.54) is 102 Å². The predicted octanol–water partition coefficient (Wildman–Crippen LogP) is 16.3. The minimum Gasteiger partial charge on any atom is -0.457 e. The fraction of sp³-hybridized carbons (Fsp3) is 0.571. The van der Waals surface area contributed by atoms with Gasteiger partial charge in [-0.1, -0.05) is 112 Å². The zero-order chi connectivity index (χ0) is 46.4. The number of alkyl halides is 6. The molecule has 2 atom stereocenters. The second-order valence-corrected chi connectivity index (χ2v) is 19.3. The molecule has 0 aromatic heterocycles. The molecule has 2 aliphatic rings. The maximum Gasteiger partial charge on any atom is 0.392 e. The molecule has 0 aliphatic heterocycles. The maximum absolute atomic E-state index is 14.3. The number of ether oxygens (including phenoxy) is 3. The summed E-state index contributed by atoms with van der Waals surface area (Å²) in [5.74, 6) is 0.549. The summed E-state index contributed by atoms with van der Waals surface area (Å²) in [6.45, 7) is 4.51. The van der Waals surface area contributed by atoms with E-state index >= 15 is 0 Å². The van der Waals surface area contributed by atoms with Crippen molar-refractivity contribution in [3.05, 3.63) is 129 Å². The summed E-state index contributed by atoms with van der Waals surface area (Å²) >= 11 is 0. The molecule has 0 heterocycles. The smallest absolute Gasteiger partial charge is 0.392 e. The van der Waals surface area contributed by atoms with E-state index in [1.54, 1.807) is 24.3 Å². The average Bonchev–Trinajstić information content (AvgIpc) is 3.28. The van der Waals surface area contributed by atoms with Crippen LogP contribution in [0.1, 0.15) is 160 Å². The first-order chi connectivity index (χ1) is 31.3. The van der Waals surface area contributed by atoms with Gasteiger partial charge in [0.1, 0.15) is 11.5 Å². The molecule has 2 saturated carbocycles. The van der Waals surface area contributed by atoms with Crippen LogP contribution >= 0.6 is 0 Å². The fourth-order valence-corrected chi connectivity index (χ4v) is 10.6. The highest BCUT2D eigenvalue weighted by Gasteiger charge is 2.40. The van der Waals surface area contributed by atoms with Crippen LogP contribution in [-0.2, 0) is 35.2 Å². The van der Waals surface area contributed by atoms with Crippen molar-refractivity contribution in [3.8, 4) is 11.5 Å². The molecule has 9 heteroatoms.